The molecule has 2 aliphatic rings. The molecular weight excluding hydrogens is 670 g/mol. The number of ether oxygens (including phenoxy) is 3. The summed E-state index contributed by atoms with van der Waals surface area (Å²) in [5.74, 6) is -0.978. The fraction of sp³-hybridized carbons (Fsp3) is 0.279. The molecule has 1 unspecified atom stereocenters. The van der Waals surface area contributed by atoms with E-state index < -0.39 is 30.2 Å². The van der Waals surface area contributed by atoms with Crippen molar-refractivity contribution in [2.45, 2.75) is 63.6 Å². The molecule has 0 saturated carbocycles. The zero-order valence-corrected chi connectivity index (χ0v) is 29.8. The predicted molar refractivity (Wildman–Crippen MR) is 201 cm³/mol. The van der Waals surface area contributed by atoms with Crippen molar-refractivity contribution in [2.75, 3.05) is 18.5 Å². The molecule has 5 atom stereocenters. The summed E-state index contributed by atoms with van der Waals surface area (Å²) in [5, 5.41) is 14.6. The molecule has 10 nitrogen and oxygen atoms in total. The Labute approximate surface area is 308 Å². The van der Waals surface area contributed by atoms with E-state index in [0.717, 1.165) is 21.6 Å². The third kappa shape index (κ3) is 8.32. The molecule has 7 rings (SSSR count). The van der Waals surface area contributed by atoms with Crippen molar-refractivity contribution in [1.29, 1.82) is 0 Å². The lowest BCUT2D eigenvalue weighted by atomic mass is 9.98. The predicted octanol–water partition coefficient (Wildman–Crippen LogP) is 7.13. The Morgan fingerprint density at radius 3 is 2.40 bits per heavy atom. The number of anilines is 1. The molecule has 0 radical (unpaired) electrons. The van der Waals surface area contributed by atoms with Crippen molar-refractivity contribution in [3.05, 3.63) is 149 Å². The van der Waals surface area contributed by atoms with Gasteiger partial charge in [-0.25, -0.2) is 9.69 Å². The maximum Gasteiger partial charge on any atom is 0.408 e. The number of alkyl carbamates (subject to hydrolysis) is 1. The fourth-order valence-electron chi connectivity index (χ4n) is 6.97. The van der Waals surface area contributed by atoms with E-state index in [0.29, 0.717) is 24.2 Å². The van der Waals surface area contributed by atoms with Crippen LogP contribution >= 0.6 is 0 Å². The van der Waals surface area contributed by atoms with E-state index >= 15 is 0 Å². The van der Waals surface area contributed by atoms with Crippen LogP contribution in [0.25, 0.3) is 10.8 Å². The number of imide groups is 1. The number of aliphatic hydroxyl groups excluding tert-OH is 1. The molecule has 2 N–H and O–H groups in total. The molecule has 10 heteroatoms. The number of aliphatic hydroxyl groups is 1. The van der Waals surface area contributed by atoms with Crippen LogP contribution in [0.5, 0.6) is 0 Å². The number of rotatable bonds is 11. The maximum absolute atomic E-state index is 13.5. The zero-order chi connectivity index (χ0) is 36.9. The molecule has 2 heterocycles. The van der Waals surface area contributed by atoms with Gasteiger partial charge in [-0.3, -0.25) is 14.5 Å². The number of amides is 3. The van der Waals surface area contributed by atoms with Gasteiger partial charge in [0.15, 0.2) is 6.29 Å². The van der Waals surface area contributed by atoms with Gasteiger partial charge in [-0.05, 0) is 65.2 Å². The Hall–Kier alpha value is -5.39. The number of hydrogen-bond acceptors (Lipinski definition) is 8. The third-order valence-corrected chi connectivity index (χ3v) is 10.1. The molecule has 3 amide bonds. The van der Waals surface area contributed by atoms with Crippen LogP contribution in [0, 0.1) is 0 Å². The minimum atomic E-state index is -1.05. The Balaban J connectivity index is 1.07. The lowest BCUT2D eigenvalue weighted by Crippen LogP contribution is -2.42. The number of nitrogens with zero attached hydrogens (tertiary/aromatic N) is 2. The monoisotopic (exact) mass is 713 g/mol. The largest absolute Gasteiger partial charge is 0.445 e. The van der Waals surface area contributed by atoms with Gasteiger partial charge in [0.2, 0.25) is 5.91 Å². The van der Waals surface area contributed by atoms with E-state index in [1.807, 2.05) is 72.8 Å². The van der Waals surface area contributed by atoms with Crippen molar-refractivity contribution < 1.29 is 33.7 Å². The number of benzene rings is 5. The van der Waals surface area contributed by atoms with Crippen LogP contribution in [0.4, 0.5) is 10.5 Å². The highest BCUT2D eigenvalue weighted by Crippen LogP contribution is 2.40. The number of nitrogens with one attached hydrogen (secondary N) is 1. The van der Waals surface area contributed by atoms with Crippen LogP contribution in [-0.4, -0.2) is 53.7 Å². The molecule has 272 valence electrons. The van der Waals surface area contributed by atoms with Gasteiger partial charge in [0.25, 0.3) is 5.91 Å². The Kier molecular flexibility index (Phi) is 10.9. The summed E-state index contributed by atoms with van der Waals surface area (Å²) >= 11 is 0. The molecule has 2 aliphatic heterocycles. The summed E-state index contributed by atoms with van der Waals surface area (Å²) in [6.07, 6.45) is -1.70. The Morgan fingerprint density at radius 2 is 1.62 bits per heavy atom. The molecule has 2 fully saturated rings. The van der Waals surface area contributed by atoms with E-state index in [2.05, 4.69) is 54.5 Å². The highest BCUT2D eigenvalue weighted by molar-refractivity contribution is 6.23. The first-order chi connectivity index (χ1) is 25.7. The van der Waals surface area contributed by atoms with Crippen molar-refractivity contribution in [2.24, 2.45) is 0 Å². The number of fused-ring (bicyclic) bond motifs is 1. The van der Waals surface area contributed by atoms with Gasteiger partial charge in [0.05, 0.1) is 30.9 Å². The second-order valence-corrected chi connectivity index (χ2v) is 13.7. The molecule has 53 heavy (non-hydrogen) atoms. The summed E-state index contributed by atoms with van der Waals surface area (Å²) in [7, 11) is 2.09. The first-order valence-corrected chi connectivity index (χ1v) is 17.9. The van der Waals surface area contributed by atoms with Gasteiger partial charge >= 0.3 is 6.09 Å². The van der Waals surface area contributed by atoms with Crippen LogP contribution in [0.3, 0.4) is 0 Å². The molecule has 5 aromatic carbocycles. The highest BCUT2D eigenvalue weighted by Gasteiger charge is 2.41. The van der Waals surface area contributed by atoms with E-state index in [9.17, 15) is 19.5 Å². The molecular formula is C43H43N3O7. The topological polar surface area (TPSA) is 118 Å². The van der Waals surface area contributed by atoms with Gasteiger partial charge in [0.1, 0.15) is 12.6 Å². The summed E-state index contributed by atoms with van der Waals surface area (Å²) in [6, 6.07) is 37.9. The van der Waals surface area contributed by atoms with Crippen molar-refractivity contribution in [3.8, 4) is 0 Å². The second kappa shape index (κ2) is 16.1. The average Bonchev–Trinajstić information content (AvgIpc) is 3.47. The van der Waals surface area contributed by atoms with Gasteiger partial charge in [0, 0.05) is 24.6 Å². The van der Waals surface area contributed by atoms with Crippen molar-refractivity contribution in [3.63, 3.8) is 0 Å². The van der Waals surface area contributed by atoms with Crippen LogP contribution < -0.4 is 10.2 Å². The smallest absolute Gasteiger partial charge is 0.408 e. The number of carbonyl (C=O) groups excluding carboxylic acids is 3. The van der Waals surface area contributed by atoms with Crippen LogP contribution in [-0.2, 0) is 37.0 Å². The summed E-state index contributed by atoms with van der Waals surface area (Å²) in [4.78, 5) is 42.6. The summed E-state index contributed by atoms with van der Waals surface area (Å²) < 4.78 is 18.5. The van der Waals surface area contributed by atoms with Crippen molar-refractivity contribution in [1.82, 2.24) is 10.2 Å². The number of hydrogen-bond donors (Lipinski definition) is 2. The number of carbonyl (C=O) groups is 3. The lowest BCUT2D eigenvalue weighted by molar-refractivity contribution is -0.253. The van der Waals surface area contributed by atoms with Crippen LogP contribution in [0.2, 0.25) is 0 Å². The quantitative estimate of drug-likeness (QED) is 0.139. The molecule has 0 bridgehead atoms. The molecule has 2 saturated heterocycles. The Morgan fingerprint density at radius 1 is 0.868 bits per heavy atom. The highest BCUT2D eigenvalue weighted by atomic mass is 16.7. The maximum atomic E-state index is 13.5. The second-order valence-electron chi connectivity index (χ2n) is 13.7. The zero-order valence-electron chi connectivity index (χ0n) is 29.8. The molecule has 5 aromatic rings. The Bertz CT molecular complexity index is 2070. The normalized spacial score (nSPS) is 20.9. The van der Waals surface area contributed by atoms with Gasteiger partial charge in [-0.15, -0.1) is 0 Å². The lowest BCUT2D eigenvalue weighted by Gasteiger charge is -2.39. The van der Waals surface area contributed by atoms with E-state index in [1.165, 1.54) is 16.3 Å². The fourth-order valence-corrected chi connectivity index (χ4v) is 6.97. The van der Waals surface area contributed by atoms with Gasteiger partial charge in [-0.1, -0.05) is 103 Å². The summed E-state index contributed by atoms with van der Waals surface area (Å²) in [6.45, 7) is 2.80. The molecule has 0 aromatic heterocycles. The van der Waals surface area contributed by atoms with Crippen LogP contribution in [0.1, 0.15) is 66.0 Å². The van der Waals surface area contributed by atoms with E-state index in [4.69, 9.17) is 14.2 Å². The van der Waals surface area contributed by atoms with Crippen LogP contribution in [0.15, 0.2) is 121 Å². The molecule has 0 spiro atoms. The van der Waals surface area contributed by atoms with E-state index in [1.54, 1.807) is 18.2 Å². The third-order valence-electron chi connectivity index (χ3n) is 10.1. The SMILES string of the molecule is C[C@H](c1ccc2ccccc2c1)N(C)C[C@H]1C[C@@H](c2ccc(CO)cc2)O[C@@H](c2cccc(N3C(=O)CC(NC(=O)OCc4ccccc4)C3=O)c2)O1. The first kappa shape index (κ1) is 36.0. The summed E-state index contributed by atoms with van der Waals surface area (Å²) in [5.41, 5.74) is 4.78. The van der Waals surface area contributed by atoms with Gasteiger partial charge < -0.3 is 24.6 Å². The van der Waals surface area contributed by atoms with Crippen molar-refractivity contribution >= 4 is 34.4 Å². The standard InChI is InChI=1S/C43H43N3O7/c1-28(33-20-19-31-11-6-7-12-34(31)21-33)45(2)25-37-23-39(32-17-15-29(26-47)16-18-32)53-42(52-37)35-13-8-14-36(22-35)46-40(48)24-38(41(46)49)44-43(50)51-27-30-9-4-3-5-10-30/h3-22,28,37-39,42,47H,23-27H2,1-2H3,(H,44,50)/t28-,37-,38?,39+,42+/m1/s1. The van der Waals surface area contributed by atoms with Gasteiger partial charge in [-0.2, -0.15) is 0 Å². The minimum absolute atomic E-state index is 0.0421. The molecule has 0 aliphatic carbocycles. The minimum Gasteiger partial charge on any atom is -0.445 e. The van der Waals surface area contributed by atoms with E-state index in [-0.39, 0.29) is 37.9 Å². The first-order valence-electron chi connectivity index (χ1n) is 17.9. The number of likely N-dealkylation sites (N-methyl/N-ethyl adjacent to an activating group) is 1. The average molecular weight is 714 g/mol.